The molecule has 11 heteroatoms. The minimum atomic E-state index is -0.734. The van der Waals surface area contributed by atoms with E-state index in [0.717, 1.165) is 24.3 Å². The Morgan fingerprint density at radius 1 is 0.974 bits per heavy atom. The fourth-order valence-corrected chi connectivity index (χ4v) is 4.98. The van der Waals surface area contributed by atoms with Gasteiger partial charge in [-0.2, -0.15) is 0 Å². The lowest BCUT2D eigenvalue weighted by atomic mass is 9.95. The molecular weight excluding hydrogens is 500 g/mol. The van der Waals surface area contributed by atoms with Gasteiger partial charge in [0.15, 0.2) is 0 Å². The summed E-state index contributed by atoms with van der Waals surface area (Å²) >= 11 is 0. The average Bonchev–Trinajstić information content (AvgIpc) is 3.62. The Bertz CT molecular complexity index is 1490. The molecule has 1 amide bonds. The minimum absolute atomic E-state index is 0.0300. The lowest BCUT2D eigenvalue weighted by Crippen LogP contribution is -2.38. The van der Waals surface area contributed by atoms with Crippen LogP contribution < -0.4 is 0 Å². The molecule has 0 N–H and O–H groups in total. The molecule has 39 heavy (non-hydrogen) atoms. The fourth-order valence-electron chi connectivity index (χ4n) is 4.98. The van der Waals surface area contributed by atoms with Crippen LogP contribution in [0.15, 0.2) is 73.3 Å². The van der Waals surface area contributed by atoms with Crippen molar-refractivity contribution < 1.29 is 19.2 Å². The number of piperidine rings is 1. The van der Waals surface area contributed by atoms with Gasteiger partial charge in [0.05, 0.1) is 24.1 Å². The van der Waals surface area contributed by atoms with Crippen molar-refractivity contribution in [3.8, 4) is 0 Å². The number of nitro benzene ring substituents is 1. The van der Waals surface area contributed by atoms with Crippen LogP contribution in [0.3, 0.4) is 0 Å². The first-order valence-corrected chi connectivity index (χ1v) is 12.6. The van der Waals surface area contributed by atoms with Crippen molar-refractivity contribution in [3.05, 3.63) is 112 Å². The van der Waals surface area contributed by atoms with Gasteiger partial charge in [0.25, 0.3) is 11.6 Å². The van der Waals surface area contributed by atoms with Crippen LogP contribution in [0.25, 0.3) is 0 Å². The maximum Gasteiger partial charge on any atom is 0.338 e. The molecule has 3 heterocycles. The third-order valence-corrected chi connectivity index (χ3v) is 7.00. The van der Waals surface area contributed by atoms with Crippen LogP contribution in [0.2, 0.25) is 0 Å². The number of benzene rings is 2. The van der Waals surface area contributed by atoms with E-state index >= 15 is 0 Å². The molecule has 0 bridgehead atoms. The summed E-state index contributed by atoms with van der Waals surface area (Å²) in [6.07, 6.45) is 8.90. The maximum atomic E-state index is 13.2. The second-order valence-electron chi connectivity index (χ2n) is 9.45. The Kier molecular flexibility index (Phi) is 7.48. The Balaban J connectivity index is 1.26. The van der Waals surface area contributed by atoms with Crippen LogP contribution >= 0.6 is 0 Å². The van der Waals surface area contributed by atoms with Gasteiger partial charge >= 0.3 is 5.97 Å². The summed E-state index contributed by atoms with van der Waals surface area (Å²) in [5.74, 6) is 0.936. The van der Waals surface area contributed by atoms with Crippen LogP contribution in [0.4, 0.5) is 5.69 Å². The molecule has 1 aliphatic heterocycles. The van der Waals surface area contributed by atoms with Crippen molar-refractivity contribution in [3.63, 3.8) is 0 Å². The molecule has 0 aliphatic carbocycles. The number of nitro groups is 1. The number of hydrogen-bond donors (Lipinski definition) is 0. The second kappa shape index (κ2) is 11.3. The standard InChI is InChI=1S/C28H28N6O5/c1-39-28(36)23-15-22(16-24(17-23)34(37)38)27(35)31-11-7-21(8-12-31)26-30-10-14-33(26)19-25-29-9-13-32(25)18-20-5-3-2-4-6-20/h2-6,9-10,13-17,21H,7-8,11-12,18-19H2,1H3. The topological polar surface area (TPSA) is 125 Å². The van der Waals surface area contributed by atoms with E-state index in [1.807, 2.05) is 30.6 Å². The van der Waals surface area contributed by atoms with E-state index in [1.54, 1.807) is 17.3 Å². The highest BCUT2D eigenvalue weighted by Crippen LogP contribution is 2.29. The van der Waals surface area contributed by atoms with Crippen LogP contribution in [0.5, 0.6) is 0 Å². The summed E-state index contributed by atoms with van der Waals surface area (Å²) in [6, 6.07) is 13.9. The molecule has 0 unspecified atom stereocenters. The zero-order valence-electron chi connectivity index (χ0n) is 21.5. The van der Waals surface area contributed by atoms with E-state index in [9.17, 15) is 19.7 Å². The third kappa shape index (κ3) is 5.71. The number of rotatable bonds is 8. The second-order valence-corrected chi connectivity index (χ2v) is 9.45. The van der Waals surface area contributed by atoms with Crippen LogP contribution in [-0.2, 0) is 17.8 Å². The van der Waals surface area contributed by atoms with Gasteiger partial charge in [0.1, 0.15) is 11.6 Å². The highest BCUT2D eigenvalue weighted by Gasteiger charge is 2.29. The number of methoxy groups -OCH3 is 1. The van der Waals surface area contributed by atoms with Crippen LogP contribution in [0.1, 0.15) is 56.7 Å². The molecule has 0 radical (unpaired) electrons. The number of hydrogen-bond acceptors (Lipinski definition) is 7. The Morgan fingerprint density at radius 2 is 1.67 bits per heavy atom. The number of ether oxygens (including phenoxy) is 1. The van der Waals surface area contributed by atoms with Gasteiger partial charge < -0.3 is 18.8 Å². The summed E-state index contributed by atoms with van der Waals surface area (Å²) in [5, 5.41) is 11.4. The zero-order chi connectivity index (χ0) is 27.4. The monoisotopic (exact) mass is 528 g/mol. The van der Waals surface area contributed by atoms with E-state index in [1.165, 1.54) is 24.8 Å². The quantitative estimate of drug-likeness (QED) is 0.193. The van der Waals surface area contributed by atoms with Gasteiger partial charge in [-0.25, -0.2) is 14.8 Å². The van der Waals surface area contributed by atoms with Gasteiger partial charge in [0.2, 0.25) is 0 Å². The van der Waals surface area contributed by atoms with Gasteiger partial charge in [-0.15, -0.1) is 0 Å². The molecule has 0 atom stereocenters. The molecular formula is C28H28N6O5. The molecule has 11 nitrogen and oxygen atoms in total. The molecule has 1 fully saturated rings. The Labute approximate surface area is 224 Å². The molecule has 0 spiro atoms. The van der Waals surface area contributed by atoms with Crippen molar-refractivity contribution >= 4 is 17.6 Å². The smallest absolute Gasteiger partial charge is 0.338 e. The average molecular weight is 529 g/mol. The van der Waals surface area contributed by atoms with Crippen molar-refractivity contribution in [1.82, 2.24) is 24.0 Å². The lowest BCUT2D eigenvalue weighted by molar-refractivity contribution is -0.384. The highest BCUT2D eigenvalue weighted by molar-refractivity contribution is 5.99. The number of carbonyl (C=O) groups excluding carboxylic acids is 2. The number of amides is 1. The summed E-state index contributed by atoms with van der Waals surface area (Å²) in [5.41, 5.74) is 0.929. The molecule has 4 aromatic rings. The zero-order valence-corrected chi connectivity index (χ0v) is 21.5. The molecule has 200 valence electrons. The van der Waals surface area contributed by atoms with E-state index in [4.69, 9.17) is 4.74 Å². The lowest BCUT2D eigenvalue weighted by Gasteiger charge is -2.32. The minimum Gasteiger partial charge on any atom is -0.465 e. The summed E-state index contributed by atoms with van der Waals surface area (Å²) in [6.45, 7) is 2.25. The van der Waals surface area contributed by atoms with E-state index in [0.29, 0.717) is 32.5 Å². The van der Waals surface area contributed by atoms with E-state index < -0.39 is 10.9 Å². The van der Waals surface area contributed by atoms with Crippen molar-refractivity contribution in [2.75, 3.05) is 20.2 Å². The Morgan fingerprint density at radius 3 is 2.38 bits per heavy atom. The first kappa shape index (κ1) is 25.8. The number of esters is 1. The number of non-ortho nitro benzene ring substituents is 1. The van der Waals surface area contributed by atoms with Gasteiger partial charge in [0, 0.05) is 68.0 Å². The molecule has 1 saturated heterocycles. The molecule has 1 aliphatic rings. The summed E-state index contributed by atoms with van der Waals surface area (Å²) < 4.78 is 8.92. The number of aromatic nitrogens is 4. The third-order valence-electron chi connectivity index (χ3n) is 7.00. The number of likely N-dealkylation sites (tertiary alicyclic amines) is 1. The predicted octanol–water partition coefficient (Wildman–Crippen LogP) is 3.89. The maximum absolute atomic E-state index is 13.2. The van der Waals surface area contributed by atoms with Gasteiger partial charge in [-0.3, -0.25) is 14.9 Å². The fraction of sp³-hybridized carbons (Fsp3) is 0.286. The summed E-state index contributed by atoms with van der Waals surface area (Å²) in [7, 11) is 1.19. The van der Waals surface area contributed by atoms with Crippen LogP contribution in [0, 0.1) is 10.1 Å². The number of imidazole rings is 2. The molecule has 2 aromatic heterocycles. The largest absolute Gasteiger partial charge is 0.465 e. The Hall–Kier alpha value is -4.80. The molecule has 2 aromatic carbocycles. The summed E-state index contributed by atoms with van der Waals surface area (Å²) in [4.78, 5) is 46.8. The van der Waals surface area contributed by atoms with Crippen molar-refractivity contribution in [2.45, 2.75) is 31.8 Å². The van der Waals surface area contributed by atoms with E-state index in [2.05, 4.69) is 31.2 Å². The first-order chi connectivity index (χ1) is 18.9. The molecule has 5 rings (SSSR count). The van der Waals surface area contributed by atoms with Crippen molar-refractivity contribution in [2.24, 2.45) is 0 Å². The van der Waals surface area contributed by atoms with Crippen molar-refractivity contribution in [1.29, 1.82) is 0 Å². The van der Waals surface area contributed by atoms with Crippen LogP contribution in [-0.4, -0.2) is 61.0 Å². The number of nitrogens with zero attached hydrogens (tertiary/aromatic N) is 6. The molecule has 0 saturated carbocycles. The number of carbonyl (C=O) groups is 2. The SMILES string of the molecule is COC(=O)c1cc(C(=O)N2CCC(c3nccn3Cc3nccn3Cc3ccccc3)CC2)cc([N+](=O)[O-])c1. The normalized spacial score (nSPS) is 13.8. The van der Waals surface area contributed by atoms with Gasteiger partial charge in [-0.1, -0.05) is 30.3 Å². The van der Waals surface area contributed by atoms with E-state index in [-0.39, 0.29) is 28.6 Å². The highest BCUT2D eigenvalue weighted by atomic mass is 16.6. The first-order valence-electron chi connectivity index (χ1n) is 12.6. The van der Waals surface area contributed by atoms with Gasteiger partial charge in [-0.05, 0) is 24.5 Å². The predicted molar refractivity (Wildman–Crippen MR) is 141 cm³/mol.